The number of fused-ring (bicyclic) bond motifs is 1. The minimum atomic E-state index is -2.71. The zero-order valence-corrected chi connectivity index (χ0v) is 20.5. The lowest BCUT2D eigenvalue weighted by atomic mass is 10.0. The fourth-order valence-electron chi connectivity index (χ4n) is 4.32. The molecule has 0 aromatic carbocycles. The highest BCUT2D eigenvalue weighted by atomic mass is 32.1. The molecule has 2 fully saturated rings. The molecule has 1 saturated carbocycles. The van der Waals surface area contributed by atoms with Crippen LogP contribution >= 0.6 is 11.3 Å². The number of ether oxygens (including phenoxy) is 1. The normalized spacial score (nSPS) is 17.4. The minimum Gasteiger partial charge on any atom is -0.443 e. The molecule has 0 bridgehead atoms. The predicted octanol–water partition coefficient (Wildman–Crippen LogP) is 3.66. The van der Waals surface area contributed by atoms with Crippen LogP contribution in [0.2, 0.25) is 0 Å². The number of hydrogen-bond acceptors (Lipinski definition) is 8. The molecule has 1 saturated heterocycles. The Kier molecular flexibility index (Phi) is 6.99. The number of carbonyl (C=O) groups is 2. The fourth-order valence-corrected chi connectivity index (χ4v) is 5.11. The van der Waals surface area contributed by atoms with Crippen molar-refractivity contribution in [3.05, 3.63) is 29.5 Å². The summed E-state index contributed by atoms with van der Waals surface area (Å²) >= 11 is 1.52. The van der Waals surface area contributed by atoms with Gasteiger partial charge in [0.1, 0.15) is 16.3 Å². The zero-order valence-electron chi connectivity index (χ0n) is 19.7. The van der Waals surface area contributed by atoms with Gasteiger partial charge < -0.3 is 20.3 Å². The number of alkyl halides is 2. The van der Waals surface area contributed by atoms with Crippen LogP contribution in [0.3, 0.4) is 0 Å². The van der Waals surface area contributed by atoms with Crippen LogP contribution in [-0.2, 0) is 4.74 Å². The number of anilines is 1. The fraction of sp³-hybridized carbons (Fsp3) is 0.522. The van der Waals surface area contributed by atoms with Gasteiger partial charge >= 0.3 is 6.09 Å². The Morgan fingerprint density at radius 2 is 2.00 bits per heavy atom. The molecule has 13 heteroatoms. The topological polar surface area (TPSA) is 114 Å². The maximum Gasteiger partial charge on any atom is 0.407 e. The van der Waals surface area contributed by atoms with Gasteiger partial charge in [-0.1, -0.05) is 0 Å². The van der Waals surface area contributed by atoms with Gasteiger partial charge in [0, 0.05) is 42.8 Å². The maximum atomic E-state index is 13.4. The summed E-state index contributed by atoms with van der Waals surface area (Å²) in [6, 6.07) is 1.67. The SMILES string of the molecule is CC(Nc1cc(C(=O)N2CCC(NC(=O)OCC(F)F)CC2)nc(-c2cnn3ccsc23)n1)C1CC1. The second kappa shape index (κ2) is 10.3. The molecular weight excluding hydrogens is 492 g/mol. The molecule has 1 aliphatic carbocycles. The third-order valence-electron chi connectivity index (χ3n) is 6.47. The number of aromatic nitrogens is 4. The van der Waals surface area contributed by atoms with Gasteiger partial charge in [-0.15, -0.1) is 11.3 Å². The van der Waals surface area contributed by atoms with Crippen LogP contribution < -0.4 is 10.6 Å². The Balaban J connectivity index is 1.30. The molecule has 2 aliphatic rings. The van der Waals surface area contributed by atoms with Crippen molar-refractivity contribution in [2.45, 2.75) is 51.1 Å². The van der Waals surface area contributed by atoms with E-state index >= 15 is 0 Å². The van der Waals surface area contributed by atoms with E-state index in [-0.39, 0.29) is 23.7 Å². The first-order valence-corrected chi connectivity index (χ1v) is 12.8. The smallest absolute Gasteiger partial charge is 0.407 e. The van der Waals surface area contributed by atoms with Crippen LogP contribution in [0.25, 0.3) is 16.2 Å². The predicted molar refractivity (Wildman–Crippen MR) is 129 cm³/mol. The summed E-state index contributed by atoms with van der Waals surface area (Å²) in [7, 11) is 0. The number of hydrogen-bond donors (Lipinski definition) is 2. The average Bonchev–Trinajstić information content (AvgIpc) is 3.49. The number of rotatable bonds is 8. The summed E-state index contributed by atoms with van der Waals surface area (Å²) in [4.78, 5) is 37.0. The van der Waals surface area contributed by atoms with E-state index in [0.29, 0.717) is 43.5 Å². The summed E-state index contributed by atoms with van der Waals surface area (Å²) in [5, 5.41) is 12.3. The number of carbonyl (C=O) groups excluding carboxylic acids is 2. The molecule has 3 aromatic rings. The third kappa shape index (κ3) is 5.55. The summed E-state index contributed by atoms with van der Waals surface area (Å²) in [5.41, 5.74) is 1.04. The van der Waals surface area contributed by atoms with Crippen molar-refractivity contribution in [1.82, 2.24) is 29.8 Å². The van der Waals surface area contributed by atoms with Gasteiger partial charge in [0.2, 0.25) is 0 Å². The number of nitrogens with zero attached hydrogens (tertiary/aromatic N) is 5. The second-order valence-corrected chi connectivity index (χ2v) is 10.0. The first-order chi connectivity index (χ1) is 17.4. The van der Waals surface area contributed by atoms with E-state index in [0.717, 1.165) is 10.4 Å². The van der Waals surface area contributed by atoms with Crippen LogP contribution in [0.4, 0.5) is 19.4 Å². The lowest BCUT2D eigenvalue weighted by Gasteiger charge is -2.32. The van der Waals surface area contributed by atoms with E-state index in [1.165, 1.54) is 24.2 Å². The summed E-state index contributed by atoms with van der Waals surface area (Å²) in [6.45, 7) is 1.96. The molecule has 3 aromatic heterocycles. The van der Waals surface area contributed by atoms with Gasteiger partial charge in [-0.05, 0) is 38.5 Å². The quantitative estimate of drug-likeness (QED) is 0.467. The van der Waals surface area contributed by atoms with Crippen LogP contribution in [0.1, 0.15) is 43.1 Å². The van der Waals surface area contributed by atoms with Crippen LogP contribution in [0, 0.1) is 5.92 Å². The number of likely N-dealkylation sites (tertiary alicyclic amines) is 1. The molecular formula is C23H27F2N7O3S. The Bertz CT molecular complexity index is 1240. The van der Waals surface area contributed by atoms with Crippen molar-refractivity contribution in [2.75, 3.05) is 25.0 Å². The zero-order chi connectivity index (χ0) is 25.2. The standard InChI is InChI=1S/C23H27F2N7O3S/c1-13(14-2-3-14)27-19-10-17(29-20(30-19)16-11-26-32-8-9-36-22(16)32)21(33)31-6-4-15(5-7-31)28-23(34)35-12-18(24)25/h8-11,13-15,18H,2-7,12H2,1H3,(H,28,34)(H,27,29,30). The molecule has 2 amide bonds. The van der Waals surface area contributed by atoms with E-state index < -0.39 is 19.1 Å². The largest absolute Gasteiger partial charge is 0.443 e. The first-order valence-electron chi connectivity index (χ1n) is 11.9. The van der Waals surface area contributed by atoms with Crippen molar-refractivity contribution in [3.8, 4) is 11.4 Å². The lowest BCUT2D eigenvalue weighted by Crippen LogP contribution is -2.47. The van der Waals surface area contributed by atoms with E-state index in [9.17, 15) is 18.4 Å². The average molecular weight is 520 g/mol. The molecule has 36 heavy (non-hydrogen) atoms. The molecule has 1 unspecified atom stereocenters. The number of alkyl carbamates (subject to hydrolysis) is 1. The van der Waals surface area contributed by atoms with Crippen molar-refractivity contribution < 1.29 is 23.1 Å². The monoisotopic (exact) mass is 519 g/mol. The molecule has 10 nitrogen and oxygen atoms in total. The Hall–Kier alpha value is -3.35. The summed E-state index contributed by atoms with van der Waals surface area (Å²) < 4.78 is 30.7. The van der Waals surface area contributed by atoms with Gasteiger partial charge in [0.25, 0.3) is 12.3 Å². The highest BCUT2D eigenvalue weighted by Crippen LogP contribution is 2.34. The van der Waals surface area contributed by atoms with E-state index in [2.05, 4.69) is 32.4 Å². The van der Waals surface area contributed by atoms with Crippen molar-refractivity contribution >= 4 is 34.0 Å². The second-order valence-electron chi connectivity index (χ2n) is 9.14. The van der Waals surface area contributed by atoms with Gasteiger partial charge in [-0.25, -0.2) is 28.1 Å². The molecule has 5 rings (SSSR count). The molecule has 192 valence electrons. The molecule has 0 spiro atoms. The van der Waals surface area contributed by atoms with Crippen LogP contribution in [-0.4, -0.2) is 74.7 Å². The number of nitrogens with one attached hydrogen (secondary N) is 2. The Morgan fingerprint density at radius 1 is 1.22 bits per heavy atom. The van der Waals surface area contributed by atoms with Gasteiger partial charge in [-0.3, -0.25) is 4.79 Å². The molecule has 4 heterocycles. The first kappa shape index (κ1) is 24.3. The lowest BCUT2D eigenvalue weighted by molar-refractivity contribution is 0.0456. The van der Waals surface area contributed by atoms with E-state index in [1.807, 2.05) is 11.6 Å². The highest BCUT2D eigenvalue weighted by molar-refractivity contribution is 7.16. The van der Waals surface area contributed by atoms with Gasteiger partial charge in [0.05, 0.1) is 11.8 Å². The summed E-state index contributed by atoms with van der Waals surface area (Å²) in [5.74, 6) is 1.40. The number of thiazole rings is 1. The number of amides is 2. The van der Waals surface area contributed by atoms with Gasteiger partial charge in [0.15, 0.2) is 12.4 Å². The van der Waals surface area contributed by atoms with Crippen molar-refractivity contribution in [2.24, 2.45) is 5.92 Å². The molecule has 1 atom stereocenters. The van der Waals surface area contributed by atoms with E-state index in [1.54, 1.807) is 21.7 Å². The molecule has 0 radical (unpaired) electrons. The molecule has 1 aliphatic heterocycles. The van der Waals surface area contributed by atoms with Crippen LogP contribution in [0.15, 0.2) is 23.8 Å². The van der Waals surface area contributed by atoms with Crippen LogP contribution in [0.5, 0.6) is 0 Å². The maximum absolute atomic E-state index is 13.4. The number of piperidine rings is 1. The van der Waals surface area contributed by atoms with Crippen molar-refractivity contribution in [3.63, 3.8) is 0 Å². The van der Waals surface area contributed by atoms with Gasteiger partial charge in [-0.2, -0.15) is 5.10 Å². The highest BCUT2D eigenvalue weighted by Gasteiger charge is 2.30. The summed E-state index contributed by atoms with van der Waals surface area (Å²) in [6.07, 6.45) is 3.29. The van der Waals surface area contributed by atoms with E-state index in [4.69, 9.17) is 4.98 Å². The minimum absolute atomic E-state index is 0.228. The van der Waals surface area contributed by atoms with Crippen molar-refractivity contribution in [1.29, 1.82) is 0 Å². The molecule has 2 N–H and O–H groups in total. The number of halogens is 2. The Morgan fingerprint density at radius 3 is 2.72 bits per heavy atom. The Labute approximate surface area is 210 Å². The third-order valence-corrected chi connectivity index (χ3v) is 7.35.